The number of aromatic amines is 1. The van der Waals surface area contributed by atoms with E-state index in [0.29, 0.717) is 6.07 Å². The molecule has 0 atom stereocenters. The first kappa shape index (κ1) is 24.8. The number of carbonyl (C=O) groups excluding carboxylic acids is 1. The highest BCUT2D eigenvalue weighted by molar-refractivity contribution is 6.32. The number of benzene rings is 1. The zero-order chi connectivity index (χ0) is 25.2. The molecule has 34 heavy (non-hydrogen) atoms. The summed E-state index contributed by atoms with van der Waals surface area (Å²) in [6.45, 7) is 1.57. The first-order valence-electron chi connectivity index (χ1n) is 9.28. The quantitative estimate of drug-likeness (QED) is 0.403. The third-order valence-electron chi connectivity index (χ3n) is 4.25. The molecule has 9 nitrogen and oxygen atoms in total. The van der Waals surface area contributed by atoms with Gasteiger partial charge in [-0.15, -0.1) is 0 Å². The number of ether oxygens (including phenoxy) is 3. The van der Waals surface area contributed by atoms with Crippen molar-refractivity contribution in [1.82, 2.24) is 14.5 Å². The summed E-state index contributed by atoms with van der Waals surface area (Å²) in [7, 11) is 1.26. The van der Waals surface area contributed by atoms with E-state index in [2.05, 4.69) is 4.98 Å². The van der Waals surface area contributed by atoms with Crippen LogP contribution in [0.15, 0.2) is 40.1 Å². The second kappa shape index (κ2) is 9.55. The smallest absolute Gasteiger partial charge is 0.431 e. The fraction of sp³-hybridized carbons (Fsp3) is 0.200. The molecule has 1 N–H and O–H groups in total. The lowest BCUT2D eigenvalue weighted by molar-refractivity contribution is -0.141. The molecule has 0 amide bonds. The highest BCUT2D eigenvalue weighted by atomic mass is 35.5. The molecule has 2 heterocycles. The van der Waals surface area contributed by atoms with Crippen molar-refractivity contribution < 1.29 is 36.6 Å². The Morgan fingerprint density at radius 1 is 1.21 bits per heavy atom. The van der Waals surface area contributed by atoms with Crippen molar-refractivity contribution in [3.63, 3.8) is 0 Å². The Bertz CT molecular complexity index is 1340. The maximum absolute atomic E-state index is 14.6. The number of pyridine rings is 1. The Morgan fingerprint density at radius 2 is 1.91 bits per heavy atom. The lowest BCUT2D eigenvalue weighted by Crippen LogP contribution is -2.36. The van der Waals surface area contributed by atoms with Crippen LogP contribution in [-0.4, -0.2) is 34.2 Å². The van der Waals surface area contributed by atoms with E-state index in [-0.39, 0.29) is 45.2 Å². The van der Waals surface area contributed by atoms with Crippen molar-refractivity contribution in [3.05, 3.63) is 73.5 Å². The van der Waals surface area contributed by atoms with E-state index in [1.807, 2.05) is 0 Å². The van der Waals surface area contributed by atoms with E-state index in [4.69, 9.17) is 25.8 Å². The molecule has 0 unspecified atom stereocenters. The van der Waals surface area contributed by atoms with Gasteiger partial charge in [-0.3, -0.25) is 4.79 Å². The van der Waals surface area contributed by atoms with Gasteiger partial charge in [-0.2, -0.15) is 13.2 Å². The number of aromatic nitrogens is 3. The average Bonchev–Trinajstić information content (AvgIpc) is 2.75. The van der Waals surface area contributed by atoms with E-state index in [1.165, 1.54) is 24.4 Å². The number of hydrogen-bond donors (Lipinski definition) is 1. The van der Waals surface area contributed by atoms with Crippen LogP contribution < -0.4 is 20.7 Å². The molecular weight excluding hydrogens is 490 g/mol. The van der Waals surface area contributed by atoms with Gasteiger partial charge in [0.25, 0.3) is 5.56 Å². The van der Waals surface area contributed by atoms with Crippen LogP contribution in [0.5, 0.6) is 17.2 Å². The molecule has 14 heteroatoms. The summed E-state index contributed by atoms with van der Waals surface area (Å²) in [5, 5.41) is -0.363. The van der Waals surface area contributed by atoms with Crippen LogP contribution in [0.25, 0.3) is 5.69 Å². The number of nitrogens with zero attached hydrogens (tertiary/aromatic N) is 2. The summed E-state index contributed by atoms with van der Waals surface area (Å²) in [6.07, 6.45) is -3.78. The number of hydrogen-bond acceptors (Lipinski definition) is 7. The van der Waals surface area contributed by atoms with Gasteiger partial charge in [0.2, 0.25) is 5.75 Å². The van der Waals surface area contributed by atoms with Crippen molar-refractivity contribution in [2.24, 2.45) is 0 Å². The van der Waals surface area contributed by atoms with Gasteiger partial charge in [-0.25, -0.2) is 23.5 Å². The molecule has 0 radical (unpaired) electrons. The van der Waals surface area contributed by atoms with Gasteiger partial charge in [0, 0.05) is 24.4 Å². The molecule has 3 aromatic rings. The minimum absolute atomic E-state index is 0.00420. The Hall–Kier alpha value is -3.87. The molecule has 0 saturated heterocycles. The zero-order valence-corrected chi connectivity index (χ0v) is 18.1. The topological polar surface area (TPSA) is 113 Å². The van der Waals surface area contributed by atoms with Gasteiger partial charge in [-0.1, -0.05) is 11.6 Å². The van der Waals surface area contributed by atoms with Crippen LogP contribution in [0.1, 0.15) is 23.1 Å². The van der Waals surface area contributed by atoms with Gasteiger partial charge >= 0.3 is 17.8 Å². The van der Waals surface area contributed by atoms with Crippen molar-refractivity contribution in [2.45, 2.75) is 13.1 Å². The Balaban J connectivity index is 2.17. The molecule has 0 bridgehead atoms. The normalized spacial score (nSPS) is 11.3. The van der Waals surface area contributed by atoms with E-state index in [1.54, 1.807) is 6.92 Å². The standard InChI is InChI=1S/C20H14ClF4N3O6/c1-3-33-18(30)16-17(12(32-2)4-5-26-16)34-13-7-11(10(22)6-9(13)21)28-15(29)8-14(20(23,24)25)27-19(28)31/h4-8H,3H2,1-2H3,(H,27,31). The van der Waals surface area contributed by atoms with Crippen LogP contribution in [0, 0.1) is 5.82 Å². The fourth-order valence-corrected chi connectivity index (χ4v) is 2.98. The number of carbonyl (C=O) groups is 1. The summed E-state index contributed by atoms with van der Waals surface area (Å²) in [4.78, 5) is 42.1. The third-order valence-corrected chi connectivity index (χ3v) is 4.55. The van der Waals surface area contributed by atoms with Crippen molar-refractivity contribution in [1.29, 1.82) is 0 Å². The van der Waals surface area contributed by atoms with Crippen LogP contribution in [0.2, 0.25) is 5.02 Å². The summed E-state index contributed by atoms with van der Waals surface area (Å²) in [5.41, 5.74) is -5.72. The molecule has 1 aromatic carbocycles. The highest BCUT2D eigenvalue weighted by Gasteiger charge is 2.33. The number of methoxy groups -OCH3 is 1. The first-order valence-corrected chi connectivity index (χ1v) is 9.66. The fourth-order valence-electron chi connectivity index (χ4n) is 2.79. The lowest BCUT2D eigenvalue weighted by atomic mass is 10.2. The molecule has 0 saturated carbocycles. The van der Waals surface area contributed by atoms with Crippen LogP contribution in [0.3, 0.4) is 0 Å². The molecule has 0 aliphatic carbocycles. The van der Waals surface area contributed by atoms with Gasteiger partial charge in [0.1, 0.15) is 17.3 Å². The average molecular weight is 504 g/mol. The van der Waals surface area contributed by atoms with E-state index < -0.39 is 40.6 Å². The Kier molecular flexibility index (Phi) is 6.96. The van der Waals surface area contributed by atoms with Crippen molar-refractivity contribution >= 4 is 17.6 Å². The lowest BCUT2D eigenvalue weighted by Gasteiger charge is -2.16. The molecule has 180 valence electrons. The van der Waals surface area contributed by atoms with Crippen LogP contribution >= 0.6 is 11.6 Å². The van der Waals surface area contributed by atoms with Gasteiger partial charge in [0.05, 0.1) is 24.4 Å². The second-order valence-corrected chi connectivity index (χ2v) is 6.81. The first-order chi connectivity index (χ1) is 16.0. The summed E-state index contributed by atoms with van der Waals surface area (Å²) in [6, 6.07) is 2.89. The monoisotopic (exact) mass is 503 g/mol. The van der Waals surface area contributed by atoms with Crippen LogP contribution in [0.4, 0.5) is 17.6 Å². The number of nitrogens with one attached hydrogen (secondary N) is 1. The summed E-state index contributed by atoms with van der Waals surface area (Å²) in [5.74, 6) is -2.75. The number of halogens is 5. The maximum atomic E-state index is 14.6. The number of H-pyrrole nitrogens is 1. The van der Waals surface area contributed by atoms with E-state index >= 15 is 0 Å². The predicted molar refractivity (Wildman–Crippen MR) is 109 cm³/mol. The van der Waals surface area contributed by atoms with Gasteiger partial charge in [0.15, 0.2) is 11.4 Å². The summed E-state index contributed by atoms with van der Waals surface area (Å²) < 4.78 is 69.0. The molecule has 0 spiro atoms. The molecule has 2 aromatic heterocycles. The minimum atomic E-state index is -5.01. The molecule has 3 rings (SSSR count). The largest absolute Gasteiger partial charge is 0.493 e. The second-order valence-electron chi connectivity index (χ2n) is 6.41. The summed E-state index contributed by atoms with van der Waals surface area (Å²) >= 11 is 6.03. The number of alkyl halides is 3. The predicted octanol–water partition coefficient (Wildman–Crippen LogP) is 3.71. The minimum Gasteiger partial charge on any atom is -0.493 e. The number of esters is 1. The maximum Gasteiger partial charge on any atom is 0.431 e. The van der Waals surface area contributed by atoms with Crippen molar-refractivity contribution in [2.75, 3.05) is 13.7 Å². The molecule has 0 aliphatic heterocycles. The number of rotatable bonds is 6. The van der Waals surface area contributed by atoms with Crippen LogP contribution in [-0.2, 0) is 10.9 Å². The van der Waals surface area contributed by atoms with E-state index in [9.17, 15) is 31.9 Å². The van der Waals surface area contributed by atoms with Gasteiger partial charge in [-0.05, 0) is 13.0 Å². The molecule has 0 aliphatic rings. The SMILES string of the molecule is CCOC(=O)c1nccc(OC)c1Oc1cc(-n2c(=O)cc(C(F)(F)F)[nH]c2=O)c(F)cc1Cl. The molecular formula is C20H14ClF4N3O6. The Labute approximate surface area is 192 Å². The third kappa shape index (κ3) is 4.88. The zero-order valence-electron chi connectivity index (χ0n) is 17.3. The van der Waals surface area contributed by atoms with Gasteiger partial charge < -0.3 is 19.2 Å². The van der Waals surface area contributed by atoms with Crippen molar-refractivity contribution in [3.8, 4) is 22.9 Å². The molecule has 0 fully saturated rings. The Morgan fingerprint density at radius 3 is 2.50 bits per heavy atom. The highest BCUT2D eigenvalue weighted by Crippen LogP contribution is 2.38. The van der Waals surface area contributed by atoms with E-state index in [0.717, 1.165) is 6.07 Å².